The van der Waals surface area contributed by atoms with Crippen LogP contribution in [0.15, 0.2) is 24.3 Å². The van der Waals surface area contributed by atoms with Crippen LogP contribution < -0.4 is 0 Å². The van der Waals surface area contributed by atoms with Crippen LogP contribution in [-0.2, 0) is 23.0 Å². The number of benzene rings is 1. The molecule has 0 aliphatic carbocycles. The molecular formula is C14H18N2O2. The third-order valence-electron chi connectivity index (χ3n) is 3.38. The van der Waals surface area contributed by atoms with Crippen molar-refractivity contribution in [3.8, 4) is 0 Å². The van der Waals surface area contributed by atoms with Crippen LogP contribution in [0.3, 0.4) is 0 Å². The maximum atomic E-state index is 12.1. The van der Waals surface area contributed by atoms with E-state index in [1.165, 1.54) is 0 Å². The second-order valence-electron chi connectivity index (χ2n) is 4.89. The molecule has 2 aromatic rings. The van der Waals surface area contributed by atoms with Crippen LogP contribution in [0.25, 0.3) is 11.0 Å². The van der Waals surface area contributed by atoms with Gasteiger partial charge in [-0.2, -0.15) is 0 Å². The number of aromatic nitrogens is 2. The number of ether oxygens (including phenoxy) is 1. The van der Waals surface area contributed by atoms with Crippen molar-refractivity contribution in [1.29, 1.82) is 0 Å². The molecule has 1 aromatic heterocycles. The van der Waals surface area contributed by atoms with Crippen molar-refractivity contribution in [1.82, 2.24) is 9.55 Å². The molecule has 0 N–H and O–H groups in total. The number of aryl methyl sites for hydroxylation is 1. The maximum Gasteiger partial charge on any atom is 0.171 e. The van der Waals surface area contributed by atoms with Crippen LogP contribution in [0.2, 0.25) is 0 Å². The highest BCUT2D eigenvalue weighted by Gasteiger charge is 2.28. The smallest absolute Gasteiger partial charge is 0.171 e. The minimum absolute atomic E-state index is 0.0309. The number of hydrogen-bond donors (Lipinski definition) is 0. The van der Waals surface area contributed by atoms with Gasteiger partial charge in [-0.15, -0.1) is 0 Å². The Hall–Kier alpha value is -1.68. The van der Waals surface area contributed by atoms with Gasteiger partial charge in [0.2, 0.25) is 0 Å². The van der Waals surface area contributed by atoms with E-state index in [1.807, 2.05) is 35.9 Å². The van der Waals surface area contributed by atoms with Crippen LogP contribution in [0.4, 0.5) is 0 Å². The summed E-state index contributed by atoms with van der Waals surface area (Å²) in [5, 5.41) is 0. The lowest BCUT2D eigenvalue weighted by atomic mass is 10.0. The molecule has 0 aliphatic heterocycles. The molecule has 96 valence electrons. The van der Waals surface area contributed by atoms with Gasteiger partial charge in [0.25, 0.3) is 0 Å². The number of Topliss-reactive ketones (excluding diaryl/α,β-unsaturated/α-hetero) is 1. The number of hydrogen-bond acceptors (Lipinski definition) is 3. The van der Waals surface area contributed by atoms with Crippen molar-refractivity contribution >= 4 is 16.8 Å². The molecule has 0 atom stereocenters. The first-order valence-electron chi connectivity index (χ1n) is 5.94. The normalized spacial score (nSPS) is 12.0. The van der Waals surface area contributed by atoms with Gasteiger partial charge < -0.3 is 9.30 Å². The summed E-state index contributed by atoms with van der Waals surface area (Å²) < 4.78 is 7.16. The Morgan fingerprint density at radius 3 is 2.67 bits per heavy atom. The standard InChI is InChI=1S/C14H18N2O2/c1-14(2,18-4)12(17)9-13-15-10-7-5-6-8-11(10)16(13)3/h5-8H,9H2,1-4H3. The van der Waals surface area contributed by atoms with Gasteiger partial charge >= 0.3 is 0 Å². The Labute approximate surface area is 107 Å². The van der Waals surface area contributed by atoms with Crippen molar-refractivity contribution < 1.29 is 9.53 Å². The average Bonchev–Trinajstić information content (AvgIpc) is 2.67. The van der Waals surface area contributed by atoms with Crippen molar-refractivity contribution in [2.45, 2.75) is 25.9 Å². The van der Waals surface area contributed by atoms with E-state index in [9.17, 15) is 4.79 Å². The fraction of sp³-hybridized carbons (Fsp3) is 0.429. The number of nitrogens with zero attached hydrogens (tertiary/aromatic N) is 2. The van der Waals surface area contributed by atoms with E-state index in [2.05, 4.69) is 4.98 Å². The topological polar surface area (TPSA) is 44.1 Å². The van der Waals surface area contributed by atoms with Crippen molar-refractivity contribution in [2.24, 2.45) is 7.05 Å². The van der Waals surface area contributed by atoms with E-state index >= 15 is 0 Å². The Bertz CT molecular complexity index is 584. The lowest BCUT2D eigenvalue weighted by molar-refractivity contribution is -0.136. The molecule has 0 fully saturated rings. The monoisotopic (exact) mass is 246 g/mol. The third kappa shape index (κ3) is 2.16. The Morgan fingerprint density at radius 2 is 2.06 bits per heavy atom. The largest absolute Gasteiger partial charge is 0.371 e. The molecular weight excluding hydrogens is 228 g/mol. The molecule has 0 aliphatic rings. The predicted molar refractivity (Wildman–Crippen MR) is 70.5 cm³/mol. The van der Waals surface area contributed by atoms with Gasteiger partial charge in [0.15, 0.2) is 5.78 Å². The van der Waals surface area contributed by atoms with E-state index in [4.69, 9.17) is 4.74 Å². The molecule has 18 heavy (non-hydrogen) atoms. The predicted octanol–water partition coefficient (Wildman–Crippen LogP) is 2.11. The van der Waals surface area contributed by atoms with Crippen LogP contribution in [0, 0.1) is 0 Å². The SMILES string of the molecule is COC(C)(C)C(=O)Cc1nc2ccccc2n1C. The van der Waals surface area contributed by atoms with Gasteiger partial charge in [-0.3, -0.25) is 4.79 Å². The molecule has 0 unspecified atom stereocenters. The van der Waals surface area contributed by atoms with E-state index in [-0.39, 0.29) is 12.2 Å². The number of imidazole rings is 1. The number of methoxy groups -OCH3 is 1. The number of para-hydroxylation sites is 2. The first-order chi connectivity index (χ1) is 8.45. The number of fused-ring (bicyclic) bond motifs is 1. The van der Waals surface area contributed by atoms with E-state index < -0.39 is 5.60 Å². The summed E-state index contributed by atoms with van der Waals surface area (Å²) in [4.78, 5) is 16.6. The molecule has 0 radical (unpaired) electrons. The molecule has 1 aromatic carbocycles. The lowest BCUT2D eigenvalue weighted by Crippen LogP contribution is -2.35. The summed E-state index contributed by atoms with van der Waals surface area (Å²) in [6.45, 7) is 3.55. The maximum absolute atomic E-state index is 12.1. The second-order valence-corrected chi connectivity index (χ2v) is 4.89. The molecule has 0 spiro atoms. The highest BCUT2D eigenvalue weighted by molar-refractivity contribution is 5.88. The first kappa shape index (κ1) is 12.8. The Balaban J connectivity index is 2.33. The van der Waals surface area contributed by atoms with Crippen LogP contribution >= 0.6 is 0 Å². The number of carbonyl (C=O) groups is 1. The summed E-state index contributed by atoms with van der Waals surface area (Å²) in [5.74, 6) is 0.801. The number of rotatable bonds is 4. The Kier molecular flexibility index (Phi) is 3.22. The van der Waals surface area contributed by atoms with Crippen LogP contribution in [-0.4, -0.2) is 28.0 Å². The molecule has 1 heterocycles. The van der Waals surface area contributed by atoms with E-state index in [1.54, 1.807) is 21.0 Å². The van der Waals surface area contributed by atoms with Crippen molar-refractivity contribution in [3.63, 3.8) is 0 Å². The minimum Gasteiger partial charge on any atom is -0.371 e. The summed E-state index contributed by atoms with van der Waals surface area (Å²) in [6.07, 6.45) is 0.284. The van der Waals surface area contributed by atoms with E-state index in [0.29, 0.717) is 0 Å². The first-order valence-corrected chi connectivity index (χ1v) is 5.94. The summed E-state index contributed by atoms with van der Waals surface area (Å²) in [5.41, 5.74) is 1.19. The summed E-state index contributed by atoms with van der Waals surface area (Å²) in [7, 11) is 3.48. The lowest BCUT2D eigenvalue weighted by Gasteiger charge is -2.20. The van der Waals surface area contributed by atoms with Gasteiger partial charge in [-0.05, 0) is 26.0 Å². The molecule has 0 saturated carbocycles. The molecule has 2 rings (SSSR count). The zero-order valence-corrected chi connectivity index (χ0v) is 11.2. The highest BCUT2D eigenvalue weighted by atomic mass is 16.5. The minimum atomic E-state index is -0.766. The average molecular weight is 246 g/mol. The summed E-state index contributed by atoms with van der Waals surface area (Å²) in [6, 6.07) is 7.86. The molecule has 4 nitrogen and oxygen atoms in total. The third-order valence-corrected chi connectivity index (χ3v) is 3.38. The Morgan fingerprint density at radius 1 is 1.39 bits per heavy atom. The van der Waals surface area contributed by atoms with Gasteiger partial charge in [-0.1, -0.05) is 12.1 Å². The fourth-order valence-corrected chi connectivity index (χ4v) is 1.82. The molecule has 0 amide bonds. The fourth-order valence-electron chi connectivity index (χ4n) is 1.82. The van der Waals surface area contributed by atoms with Crippen LogP contribution in [0.1, 0.15) is 19.7 Å². The second kappa shape index (κ2) is 4.53. The number of carbonyl (C=O) groups excluding carboxylic acids is 1. The van der Waals surface area contributed by atoms with Gasteiger partial charge in [0, 0.05) is 14.2 Å². The van der Waals surface area contributed by atoms with Gasteiger partial charge in [0.05, 0.1) is 17.5 Å². The van der Waals surface area contributed by atoms with Crippen molar-refractivity contribution in [3.05, 3.63) is 30.1 Å². The zero-order valence-electron chi connectivity index (χ0n) is 11.2. The van der Waals surface area contributed by atoms with E-state index in [0.717, 1.165) is 16.9 Å². The highest BCUT2D eigenvalue weighted by Crippen LogP contribution is 2.17. The van der Waals surface area contributed by atoms with Gasteiger partial charge in [0.1, 0.15) is 11.4 Å². The number of ketones is 1. The molecule has 0 saturated heterocycles. The summed E-state index contributed by atoms with van der Waals surface area (Å²) >= 11 is 0. The zero-order chi connectivity index (χ0) is 13.3. The van der Waals surface area contributed by atoms with Crippen LogP contribution in [0.5, 0.6) is 0 Å². The quantitative estimate of drug-likeness (QED) is 0.830. The molecule has 0 bridgehead atoms. The van der Waals surface area contributed by atoms with Gasteiger partial charge in [-0.25, -0.2) is 4.98 Å². The molecule has 4 heteroatoms. The van der Waals surface area contributed by atoms with Crippen molar-refractivity contribution in [2.75, 3.05) is 7.11 Å².